The number of nitrogens with zero attached hydrogens (tertiary/aromatic N) is 8. The van der Waals surface area contributed by atoms with Gasteiger partial charge in [0, 0.05) is 78.8 Å². The molecule has 0 unspecified atom stereocenters. The van der Waals surface area contributed by atoms with Gasteiger partial charge in [-0.25, -0.2) is 19.2 Å². The number of ether oxygens (including phenoxy) is 6. The molecule has 2 aromatic heterocycles. The molecule has 4 aromatic rings. The van der Waals surface area contributed by atoms with E-state index < -0.39 is 96.1 Å². The van der Waals surface area contributed by atoms with Gasteiger partial charge in [-0.1, -0.05) is 104 Å². The molecule has 472 valence electrons. The van der Waals surface area contributed by atoms with Gasteiger partial charge in [0.15, 0.2) is 24.4 Å². The highest BCUT2D eigenvalue weighted by atomic mass is 16.6. The lowest BCUT2D eigenvalue weighted by atomic mass is 9.99. The Morgan fingerprint density at radius 1 is 0.407 bits per heavy atom. The number of rotatable bonds is 20. The number of aromatic nitrogens is 4. The second-order valence-electron chi connectivity index (χ2n) is 24.4. The average molecular weight is 1200 g/mol. The first-order chi connectivity index (χ1) is 40.6. The summed E-state index contributed by atoms with van der Waals surface area (Å²) in [5.74, 6) is -7.54. The normalized spacial score (nSPS) is 22.5. The molecule has 0 bridgehead atoms. The molecule has 22 heteroatoms. The van der Waals surface area contributed by atoms with Gasteiger partial charge >= 0.3 is 23.9 Å². The van der Waals surface area contributed by atoms with E-state index in [9.17, 15) is 28.8 Å². The van der Waals surface area contributed by atoms with E-state index in [0.29, 0.717) is 37.4 Å². The number of hydrogen-bond acceptors (Lipinski definition) is 16. The van der Waals surface area contributed by atoms with E-state index in [0.717, 1.165) is 41.9 Å². The Morgan fingerprint density at radius 3 is 0.953 bits per heavy atom. The molecule has 1 aliphatic heterocycles. The molecule has 86 heavy (non-hydrogen) atoms. The second-order valence-corrected chi connectivity index (χ2v) is 24.4. The lowest BCUT2D eigenvalue weighted by Crippen LogP contribution is -2.55. The van der Waals surface area contributed by atoms with Gasteiger partial charge < -0.3 is 48.0 Å². The second kappa shape index (κ2) is 32.3. The number of hydrogen-bond donors (Lipinski definition) is 0. The van der Waals surface area contributed by atoms with Crippen molar-refractivity contribution in [2.24, 2.45) is 23.7 Å². The zero-order valence-electron chi connectivity index (χ0n) is 53.2. The zero-order chi connectivity index (χ0) is 63.7. The zero-order valence-corrected chi connectivity index (χ0v) is 53.2. The van der Waals surface area contributed by atoms with Crippen LogP contribution in [0, 0.1) is 23.7 Å². The minimum Gasteiger partial charge on any atom is -0.451 e. The maximum absolute atomic E-state index is 15.1. The smallest absolute Gasteiger partial charge is 0.329 e. The number of carbonyl (C=O) groups is 8. The van der Waals surface area contributed by atoms with Crippen LogP contribution >= 0.6 is 0 Å². The summed E-state index contributed by atoms with van der Waals surface area (Å²) in [4.78, 5) is 122. The van der Waals surface area contributed by atoms with Crippen LogP contribution in [-0.2, 0) is 106 Å². The SMILES string of the molecule is COCc1cnn(Cc2ccc(C[C@H]3OC(=O)[C@H](CC(C)C)N(C)C(=O)[C@@H](C)OC(=O)[C@H](CC(C)C)N(C)C(=O)[C@@H](Cc4ccc(Cn5cc(COC)cn5)cc4)OC(=O)[C@H](CC(C)C)N(C)C(=O)[C@@H](C)OC(=O)[C@H](CC(C)C)N(C)C3=O)cc2)c1. The number of carbonyl (C=O) groups excluding carboxylic acids is 8. The van der Waals surface area contributed by atoms with Crippen molar-refractivity contribution in [3.05, 3.63) is 107 Å². The predicted octanol–water partition coefficient (Wildman–Crippen LogP) is 6.45. The standard InChI is InChI=1S/C64H92N8O14/c1-39(2)25-51-61(77)83-43(9)57(73)67(11)54(28-42(7)8)64(80)86-56(30-46-19-23-48(24-20-46)34-72-36-50(32-66-72)38-82-16)60(76)70(14)52(26-40(3)4)62(78)84-44(10)58(74)68(12)53(27-41(5)6)63(79)85-55(59(75)69(51)13)29-45-17-21-47(22-18-45)33-71-35-49(31-65-71)37-81-15/h17-24,31-32,35-36,39-44,51-56H,25-30,33-34,37-38H2,1-16H3/t43-,44-,51+,52+,53+,54+,55-,56-/m1/s1. The summed E-state index contributed by atoms with van der Waals surface area (Å²) in [6.45, 7) is 19.2. The molecule has 5 rings (SSSR count). The lowest BCUT2D eigenvalue weighted by molar-refractivity contribution is -0.176. The molecule has 1 fully saturated rings. The van der Waals surface area contributed by atoms with Gasteiger partial charge in [-0.15, -0.1) is 0 Å². The maximum Gasteiger partial charge on any atom is 0.329 e. The minimum atomic E-state index is -1.55. The number of amides is 4. The molecule has 1 aliphatic rings. The summed E-state index contributed by atoms with van der Waals surface area (Å²) in [7, 11) is 8.77. The molecule has 4 amide bonds. The molecule has 22 nitrogen and oxygen atoms in total. The highest BCUT2D eigenvalue weighted by Gasteiger charge is 2.43. The molecule has 0 radical (unpaired) electrons. The third-order valence-corrected chi connectivity index (χ3v) is 15.0. The van der Waals surface area contributed by atoms with Crippen LogP contribution < -0.4 is 0 Å². The summed E-state index contributed by atoms with van der Waals surface area (Å²) in [5, 5.41) is 8.84. The van der Waals surface area contributed by atoms with Crippen LogP contribution in [0.4, 0.5) is 0 Å². The molecule has 0 spiro atoms. The van der Waals surface area contributed by atoms with Gasteiger partial charge in [0.25, 0.3) is 23.6 Å². The first-order valence-electron chi connectivity index (χ1n) is 29.7. The fourth-order valence-corrected chi connectivity index (χ4v) is 10.3. The molecular weight excluding hydrogens is 1100 g/mol. The third-order valence-electron chi connectivity index (χ3n) is 15.0. The number of esters is 4. The van der Waals surface area contributed by atoms with Crippen LogP contribution in [0.5, 0.6) is 0 Å². The Morgan fingerprint density at radius 2 is 0.674 bits per heavy atom. The molecule has 8 atom stereocenters. The monoisotopic (exact) mass is 1200 g/mol. The van der Waals surface area contributed by atoms with Gasteiger partial charge in [-0.2, -0.15) is 10.2 Å². The Kier molecular flexibility index (Phi) is 26.1. The summed E-state index contributed by atoms with van der Waals surface area (Å²) in [6, 6.07) is 9.45. The maximum atomic E-state index is 15.1. The van der Waals surface area contributed by atoms with Crippen molar-refractivity contribution in [2.45, 2.75) is 183 Å². The summed E-state index contributed by atoms with van der Waals surface area (Å²) >= 11 is 0. The molecule has 0 saturated carbocycles. The van der Waals surface area contributed by atoms with E-state index in [-0.39, 0.29) is 62.2 Å². The van der Waals surface area contributed by atoms with Crippen LogP contribution in [0.15, 0.2) is 73.3 Å². The average Bonchev–Trinajstić information content (AvgIpc) is 3.41. The highest BCUT2D eigenvalue weighted by Crippen LogP contribution is 2.25. The quantitative estimate of drug-likeness (QED) is 0.0682. The molecular formula is C64H92N8O14. The summed E-state index contributed by atoms with van der Waals surface area (Å²) < 4.78 is 38.3. The largest absolute Gasteiger partial charge is 0.451 e. The first-order valence-corrected chi connectivity index (χ1v) is 29.7. The van der Waals surface area contributed by atoms with Crippen molar-refractivity contribution in [3.63, 3.8) is 0 Å². The minimum absolute atomic E-state index is 0.0729. The Balaban J connectivity index is 1.57. The van der Waals surface area contributed by atoms with E-state index in [1.807, 2.05) is 92.0 Å². The Bertz CT molecular complexity index is 2690. The van der Waals surface area contributed by atoms with Crippen molar-refractivity contribution in [2.75, 3.05) is 42.4 Å². The van der Waals surface area contributed by atoms with Crippen LogP contribution in [0.2, 0.25) is 0 Å². The fourth-order valence-electron chi connectivity index (χ4n) is 10.3. The van der Waals surface area contributed by atoms with Gasteiger partial charge in [-0.05, 0) is 85.5 Å². The van der Waals surface area contributed by atoms with Crippen LogP contribution in [-0.4, -0.2) is 178 Å². The van der Waals surface area contributed by atoms with Gasteiger partial charge in [-0.3, -0.25) is 28.5 Å². The number of benzene rings is 2. The summed E-state index contributed by atoms with van der Waals surface area (Å²) in [5.41, 5.74) is 4.79. The van der Waals surface area contributed by atoms with Crippen molar-refractivity contribution in [1.82, 2.24) is 39.2 Å². The van der Waals surface area contributed by atoms with Crippen molar-refractivity contribution in [3.8, 4) is 0 Å². The van der Waals surface area contributed by atoms with Crippen molar-refractivity contribution < 1.29 is 66.8 Å². The lowest BCUT2D eigenvalue weighted by Gasteiger charge is -2.35. The number of likely N-dealkylation sites (N-methyl/N-ethyl adjacent to an activating group) is 4. The van der Waals surface area contributed by atoms with Crippen LogP contribution in [0.1, 0.15) is 128 Å². The van der Waals surface area contributed by atoms with E-state index in [1.165, 1.54) is 42.0 Å². The molecule has 2 aromatic carbocycles. The number of methoxy groups -OCH3 is 2. The van der Waals surface area contributed by atoms with E-state index >= 15 is 9.59 Å². The highest BCUT2D eigenvalue weighted by molar-refractivity contribution is 5.94. The van der Waals surface area contributed by atoms with Gasteiger partial charge in [0.2, 0.25) is 0 Å². The molecule has 0 N–H and O–H groups in total. The van der Waals surface area contributed by atoms with E-state index in [2.05, 4.69) is 10.2 Å². The van der Waals surface area contributed by atoms with E-state index in [1.54, 1.807) is 60.2 Å². The molecule has 1 saturated heterocycles. The number of cyclic esters (lactones) is 4. The van der Waals surface area contributed by atoms with E-state index in [4.69, 9.17) is 28.4 Å². The molecule has 0 aliphatic carbocycles. The van der Waals surface area contributed by atoms with Crippen LogP contribution in [0.3, 0.4) is 0 Å². The first kappa shape index (κ1) is 69.3. The van der Waals surface area contributed by atoms with Gasteiger partial charge in [0.1, 0.15) is 24.2 Å². The Hall–Kier alpha value is -7.46. The van der Waals surface area contributed by atoms with Crippen LogP contribution in [0.25, 0.3) is 0 Å². The Labute approximate surface area is 507 Å². The van der Waals surface area contributed by atoms with Crippen molar-refractivity contribution in [1.29, 1.82) is 0 Å². The topological polar surface area (TPSA) is 241 Å². The predicted molar refractivity (Wildman–Crippen MR) is 319 cm³/mol. The van der Waals surface area contributed by atoms with Crippen molar-refractivity contribution >= 4 is 47.5 Å². The third kappa shape index (κ3) is 19.8. The van der Waals surface area contributed by atoms with Gasteiger partial charge in [0.05, 0.1) is 38.7 Å². The fraction of sp³-hybridized carbons (Fsp3) is 0.594. The summed E-state index contributed by atoms with van der Waals surface area (Å²) in [6.07, 6.45) is 1.10. The molecule has 3 heterocycles.